The summed E-state index contributed by atoms with van der Waals surface area (Å²) in [7, 11) is 0. The van der Waals surface area contributed by atoms with Gasteiger partial charge in [0.1, 0.15) is 0 Å². The number of carboxylic acids is 1. The second-order valence-electron chi connectivity index (χ2n) is 3.45. The lowest BCUT2D eigenvalue weighted by molar-refractivity contribution is 0.0697. The van der Waals surface area contributed by atoms with E-state index in [9.17, 15) is 4.79 Å². The molecule has 17 heavy (non-hydrogen) atoms. The lowest BCUT2D eigenvalue weighted by Crippen LogP contribution is -1.98. The van der Waals surface area contributed by atoms with Gasteiger partial charge in [0.15, 0.2) is 5.82 Å². The third-order valence-electron chi connectivity index (χ3n) is 2.41. The van der Waals surface area contributed by atoms with E-state index in [-0.39, 0.29) is 5.56 Å². The molecule has 3 rings (SSSR count). The van der Waals surface area contributed by atoms with Crippen LogP contribution in [0.15, 0.2) is 36.1 Å². The van der Waals surface area contributed by atoms with Crippen molar-refractivity contribution in [3.8, 4) is 5.82 Å². The van der Waals surface area contributed by atoms with Gasteiger partial charge in [0, 0.05) is 22.5 Å². The van der Waals surface area contributed by atoms with Crippen LogP contribution < -0.4 is 0 Å². The van der Waals surface area contributed by atoms with Gasteiger partial charge in [-0.2, -0.15) is 5.10 Å². The predicted octanol–water partition coefficient (Wildman–Crippen LogP) is 2.18. The molecule has 0 aliphatic rings. The van der Waals surface area contributed by atoms with Crippen molar-refractivity contribution in [2.45, 2.75) is 0 Å². The number of fused-ring (bicyclic) bond motifs is 1. The molecule has 84 valence electrons. The molecule has 0 aromatic carbocycles. The third kappa shape index (κ3) is 1.58. The summed E-state index contributed by atoms with van der Waals surface area (Å²) < 4.78 is 2.58. The first kappa shape index (κ1) is 9.98. The van der Waals surface area contributed by atoms with E-state index in [1.165, 1.54) is 17.1 Å². The van der Waals surface area contributed by atoms with E-state index < -0.39 is 5.97 Å². The quantitative estimate of drug-likeness (QED) is 0.751. The number of thiophene rings is 1. The zero-order valence-corrected chi connectivity index (χ0v) is 9.39. The van der Waals surface area contributed by atoms with E-state index in [0.717, 1.165) is 10.1 Å². The van der Waals surface area contributed by atoms with Gasteiger partial charge in [-0.05, 0) is 17.5 Å². The maximum atomic E-state index is 10.8. The summed E-state index contributed by atoms with van der Waals surface area (Å²) in [5, 5.41) is 15.8. The van der Waals surface area contributed by atoms with E-state index in [1.807, 2.05) is 17.5 Å². The Labute approximate surface area is 100.0 Å². The number of aromatic carboxylic acids is 1. The third-order valence-corrected chi connectivity index (χ3v) is 3.29. The number of pyridine rings is 1. The van der Waals surface area contributed by atoms with Gasteiger partial charge < -0.3 is 5.11 Å². The molecule has 0 fully saturated rings. The SMILES string of the molecule is O=C(O)c1cnn(-c2nccc3sccc23)c1. The lowest BCUT2D eigenvalue weighted by atomic mass is 10.3. The zero-order valence-electron chi connectivity index (χ0n) is 8.57. The average Bonchev–Trinajstić information content (AvgIpc) is 2.97. The second-order valence-corrected chi connectivity index (χ2v) is 4.39. The Morgan fingerprint density at radius 2 is 2.29 bits per heavy atom. The van der Waals surface area contributed by atoms with E-state index in [2.05, 4.69) is 10.1 Å². The van der Waals surface area contributed by atoms with Crippen LogP contribution in [0.1, 0.15) is 10.4 Å². The minimum absolute atomic E-state index is 0.152. The Morgan fingerprint density at radius 3 is 3.06 bits per heavy atom. The molecule has 0 saturated heterocycles. The van der Waals surface area contributed by atoms with Crippen molar-refractivity contribution in [3.63, 3.8) is 0 Å². The smallest absolute Gasteiger partial charge is 0.338 e. The molecule has 3 heterocycles. The number of nitrogens with zero attached hydrogens (tertiary/aromatic N) is 3. The van der Waals surface area contributed by atoms with Crippen LogP contribution in [-0.2, 0) is 0 Å². The molecular formula is C11H7N3O2S. The highest BCUT2D eigenvalue weighted by atomic mass is 32.1. The van der Waals surface area contributed by atoms with Crippen molar-refractivity contribution in [1.29, 1.82) is 0 Å². The molecule has 6 heteroatoms. The van der Waals surface area contributed by atoms with Crippen LogP contribution in [0.4, 0.5) is 0 Å². The van der Waals surface area contributed by atoms with Crippen LogP contribution in [0, 0.1) is 0 Å². The molecule has 3 aromatic heterocycles. The monoisotopic (exact) mass is 245 g/mol. The Bertz CT molecular complexity index is 701. The van der Waals surface area contributed by atoms with Crippen molar-refractivity contribution in [3.05, 3.63) is 41.7 Å². The van der Waals surface area contributed by atoms with E-state index >= 15 is 0 Å². The summed E-state index contributed by atoms with van der Waals surface area (Å²) in [6, 6.07) is 3.87. The minimum atomic E-state index is -0.992. The van der Waals surface area contributed by atoms with E-state index in [1.54, 1.807) is 17.5 Å². The van der Waals surface area contributed by atoms with Crippen LogP contribution in [-0.4, -0.2) is 25.8 Å². The van der Waals surface area contributed by atoms with Crippen LogP contribution in [0.3, 0.4) is 0 Å². The lowest BCUT2D eigenvalue weighted by Gasteiger charge is -2.00. The molecule has 0 aliphatic heterocycles. The molecule has 5 nitrogen and oxygen atoms in total. The molecule has 0 bridgehead atoms. The normalized spacial score (nSPS) is 10.8. The first-order valence-electron chi connectivity index (χ1n) is 4.86. The first-order valence-corrected chi connectivity index (χ1v) is 5.74. The molecule has 0 atom stereocenters. The van der Waals surface area contributed by atoms with Crippen LogP contribution in [0.2, 0.25) is 0 Å². The standard InChI is InChI=1S/C11H7N3O2S/c15-11(16)7-5-13-14(6-7)10-8-2-4-17-9(8)1-3-12-10/h1-6H,(H,15,16). The summed E-state index contributed by atoms with van der Waals surface area (Å²) >= 11 is 1.61. The fraction of sp³-hybridized carbons (Fsp3) is 0. The first-order chi connectivity index (χ1) is 8.25. The van der Waals surface area contributed by atoms with Gasteiger partial charge in [-0.15, -0.1) is 11.3 Å². The predicted molar refractivity (Wildman–Crippen MR) is 63.7 cm³/mol. The van der Waals surface area contributed by atoms with Gasteiger partial charge >= 0.3 is 5.97 Å². The fourth-order valence-corrected chi connectivity index (χ4v) is 2.39. The summed E-state index contributed by atoms with van der Waals surface area (Å²) in [5.41, 5.74) is 0.152. The van der Waals surface area contributed by atoms with E-state index in [0.29, 0.717) is 5.82 Å². The topological polar surface area (TPSA) is 68.0 Å². The van der Waals surface area contributed by atoms with Crippen molar-refractivity contribution in [2.24, 2.45) is 0 Å². The molecular weight excluding hydrogens is 238 g/mol. The second kappa shape index (κ2) is 3.67. The van der Waals surface area contributed by atoms with Gasteiger partial charge in [-0.3, -0.25) is 0 Å². The molecule has 1 N–H and O–H groups in total. The maximum absolute atomic E-state index is 10.8. The van der Waals surface area contributed by atoms with Gasteiger partial charge in [-0.25, -0.2) is 14.5 Å². The van der Waals surface area contributed by atoms with Gasteiger partial charge in [0.05, 0.1) is 11.8 Å². The number of aromatic nitrogens is 3. The maximum Gasteiger partial charge on any atom is 0.338 e. The fourth-order valence-electron chi connectivity index (χ4n) is 1.61. The largest absolute Gasteiger partial charge is 0.478 e. The Hall–Kier alpha value is -2.21. The van der Waals surface area contributed by atoms with Crippen molar-refractivity contribution in [2.75, 3.05) is 0 Å². The van der Waals surface area contributed by atoms with E-state index in [4.69, 9.17) is 5.11 Å². The molecule has 0 aliphatic carbocycles. The van der Waals surface area contributed by atoms with Crippen molar-refractivity contribution >= 4 is 27.4 Å². The molecule has 0 amide bonds. The number of carbonyl (C=O) groups is 1. The number of hydrogen-bond donors (Lipinski definition) is 1. The molecule has 0 radical (unpaired) electrons. The summed E-state index contributed by atoms with van der Waals surface area (Å²) in [4.78, 5) is 15.0. The number of rotatable bonds is 2. The van der Waals surface area contributed by atoms with Crippen molar-refractivity contribution in [1.82, 2.24) is 14.8 Å². The van der Waals surface area contributed by atoms with Crippen LogP contribution in [0.5, 0.6) is 0 Å². The Balaban J connectivity index is 2.19. The van der Waals surface area contributed by atoms with Crippen LogP contribution >= 0.6 is 11.3 Å². The van der Waals surface area contributed by atoms with Crippen molar-refractivity contribution < 1.29 is 9.90 Å². The molecule has 0 unspecified atom stereocenters. The Kier molecular flexibility index (Phi) is 2.15. The molecule has 0 spiro atoms. The average molecular weight is 245 g/mol. The highest BCUT2D eigenvalue weighted by Gasteiger charge is 2.10. The highest BCUT2D eigenvalue weighted by molar-refractivity contribution is 7.17. The zero-order chi connectivity index (χ0) is 11.8. The number of hydrogen-bond acceptors (Lipinski definition) is 4. The van der Waals surface area contributed by atoms with Gasteiger partial charge in [-0.1, -0.05) is 0 Å². The van der Waals surface area contributed by atoms with Gasteiger partial charge in [0.2, 0.25) is 0 Å². The summed E-state index contributed by atoms with van der Waals surface area (Å²) in [6.45, 7) is 0. The molecule has 3 aromatic rings. The number of carboxylic acid groups (broad SMARTS) is 1. The Morgan fingerprint density at radius 1 is 1.41 bits per heavy atom. The summed E-state index contributed by atoms with van der Waals surface area (Å²) in [5.74, 6) is -0.343. The summed E-state index contributed by atoms with van der Waals surface area (Å²) in [6.07, 6.45) is 4.47. The van der Waals surface area contributed by atoms with Gasteiger partial charge in [0.25, 0.3) is 0 Å². The molecule has 0 saturated carbocycles. The highest BCUT2D eigenvalue weighted by Crippen LogP contribution is 2.24. The minimum Gasteiger partial charge on any atom is -0.478 e. The van der Waals surface area contributed by atoms with Crippen LogP contribution in [0.25, 0.3) is 15.9 Å².